The monoisotopic (exact) mass is 369 g/mol. The molecule has 26 heavy (non-hydrogen) atoms. The van der Waals surface area contributed by atoms with E-state index in [1.54, 1.807) is 12.4 Å². The lowest BCUT2D eigenvalue weighted by Crippen LogP contribution is -2.60. The molecule has 1 amide bonds. The Morgan fingerprint density at radius 1 is 1.15 bits per heavy atom. The number of piperazine rings is 1. The zero-order chi connectivity index (χ0) is 17.9. The molecule has 134 valence electrons. The van der Waals surface area contributed by atoms with Crippen molar-refractivity contribution in [3.63, 3.8) is 0 Å². The lowest BCUT2D eigenvalue weighted by atomic mass is 10.0. The average Bonchev–Trinajstić information content (AvgIpc) is 3.16. The maximum absolute atomic E-state index is 13.0. The van der Waals surface area contributed by atoms with Gasteiger partial charge in [0.25, 0.3) is 0 Å². The van der Waals surface area contributed by atoms with Gasteiger partial charge in [0, 0.05) is 42.5 Å². The van der Waals surface area contributed by atoms with E-state index in [1.807, 2.05) is 41.3 Å². The van der Waals surface area contributed by atoms with Crippen LogP contribution < -0.4 is 10.7 Å². The van der Waals surface area contributed by atoms with Crippen molar-refractivity contribution in [3.8, 4) is 0 Å². The van der Waals surface area contributed by atoms with Gasteiger partial charge in [0.15, 0.2) is 0 Å². The van der Waals surface area contributed by atoms with E-state index < -0.39 is 0 Å². The van der Waals surface area contributed by atoms with E-state index in [1.165, 1.54) is 0 Å². The number of carbonyl (C=O) groups excluding carboxylic acids is 1. The van der Waals surface area contributed by atoms with E-state index in [9.17, 15) is 4.79 Å². The molecule has 1 fully saturated rings. The first kappa shape index (κ1) is 17.0. The summed E-state index contributed by atoms with van der Waals surface area (Å²) >= 11 is 5.94. The second-order valence-electron chi connectivity index (χ2n) is 6.51. The van der Waals surface area contributed by atoms with Gasteiger partial charge in [-0.3, -0.25) is 15.2 Å². The Bertz CT molecular complexity index is 808. The van der Waals surface area contributed by atoms with Gasteiger partial charge in [0.2, 0.25) is 5.91 Å². The van der Waals surface area contributed by atoms with E-state index in [0.29, 0.717) is 24.4 Å². The molecule has 0 saturated carbocycles. The Labute approximate surface area is 157 Å². The second-order valence-corrected chi connectivity index (χ2v) is 6.95. The highest BCUT2D eigenvalue weighted by Crippen LogP contribution is 2.18. The minimum atomic E-state index is -0.225. The fourth-order valence-corrected chi connectivity index (χ4v) is 3.54. The fourth-order valence-electron chi connectivity index (χ4n) is 3.42. The van der Waals surface area contributed by atoms with Crippen LogP contribution in [0.25, 0.3) is 0 Å². The van der Waals surface area contributed by atoms with Gasteiger partial charge in [-0.05, 0) is 36.2 Å². The topological polar surface area (TPSA) is 69.6 Å². The predicted octanol–water partition coefficient (Wildman–Crippen LogP) is 1.80. The van der Waals surface area contributed by atoms with Gasteiger partial charge < -0.3 is 10.2 Å². The Morgan fingerprint density at radius 2 is 1.92 bits per heavy atom. The number of carbonyl (C=O) groups is 1. The highest BCUT2D eigenvalue weighted by molar-refractivity contribution is 6.30. The molecule has 1 unspecified atom stereocenters. The van der Waals surface area contributed by atoms with Crippen LogP contribution in [0, 0.1) is 0 Å². The van der Waals surface area contributed by atoms with Gasteiger partial charge >= 0.3 is 0 Å². The Balaban J connectivity index is 1.41. The number of nitrogens with one attached hydrogen (secondary N) is 2. The van der Waals surface area contributed by atoms with Crippen LogP contribution in [0.5, 0.6) is 0 Å². The molecule has 3 heterocycles. The third kappa shape index (κ3) is 3.57. The molecule has 0 bridgehead atoms. The molecule has 0 spiro atoms. The molecule has 4 rings (SSSR count). The van der Waals surface area contributed by atoms with Crippen molar-refractivity contribution in [1.82, 2.24) is 20.6 Å². The van der Waals surface area contributed by atoms with Crippen molar-refractivity contribution >= 4 is 23.2 Å². The summed E-state index contributed by atoms with van der Waals surface area (Å²) in [4.78, 5) is 18.9. The summed E-state index contributed by atoms with van der Waals surface area (Å²) in [7, 11) is 0. The molecule has 2 N–H and O–H groups in total. The molecule has 6 nitrogen and oxygen atoms in total. The smallest absolute Gasteiger partial charge is 0.241 e. The molecule has 1 aromatic carbocycles. The van der Waals surface area contributed by atoms with Crippen LogP contribution in [-0.2, 0) is 11.2 Å². The fraction of sp³-hybridized carbons (Fsp3) is 0.316. The van der Waals surface area contributed by atoms with E-state index in [0.717, 1.165) is 23.4 Å². The first-order chi connectivity index (χ1) is 12.7. The van der Waals surface area contributed by atoms with Crippen LogP contribution in [0.3, 0.4) is 0 Å². The zero-order valence-electron chi connectivity index (χ0n) is 14.2. The quantitative estimate of drug-likeness (QED) is 0.862. The van der Waals surface area contributed by atoms with Crippen molar-refractivity contribution in [2.45, 2.75) is 25.0 Å². The SMILES string of the molecule is O=C1[C@H](Cc2ccc(Cl)cc2)NCCN1C1CC(c2ccncc2)=NN1. The summed E-state index contributed by atoms with van der Waals surface area (Å²) in [6.07, 6.45) is 4.76. The zero-order valence-corrected chi connectivity index (χ0v) is 15.0. The molecular weight excluding hydrogens is 350 g/mol. The first-order valence-corrected chi connectivity index (χ1v) is 9.09. The summed E-state index contributed by atoms with van der Waals surface area (Å²) in [5.74, 6) is 0.106. The third-order valence-corrected chi connectivity index (χ3v) is 5.05. The highest BCUT2D eigenvalue weighted by Gasteiger charge is 2.35. The minimum absolute atomic E-state index is 0.0968. The normalized spacial score (nSPS) is 22.9. The third-order valence-electron chi connectivity index (χ3n) is 4.80. The lowest BCUT2D eigenvalue weighted by Gasteiger charge is -2.36. The van der Waals surface area contributed by atoms with Crippen molar-refractivity contribution < 1.29 is 4.79 Å². The van der Waals surface area contributed by atoms with E-state index in [2.05, 4.69) is 20.8 Å². The van der Waals surface area contributed by atoms with Crippen LogP contribution in [0.1, 0.15) is 17.5 Å². The minimum Gasteiger partial charge on any atom is -0.318 e. The van der Waals surface area contributed by atoms with Gasteiger partial charge in [-0.15, -0.1) is 0 Å². The summed E-state index contributed by atoms with van der Waals surface area (Å²) in [6, 6.07) is 11.3. The number of rotatable bonds is 4. The Kier molecular flexibility index (Phi) is 4.86. The van der Waals surface area contributed by atoms with Crippen LogP contribution in [0.2, 0.25) is 5.02 Å². The van der Waals surface area contributed by atoms with Crippen molar-refractivity contribution in [1.29, 1.82) is 0 Å². The van der Waals surface area contributed by atoms with Crippen LogP contribution in [0.15, 0.2) is 53.9 Å². The number of nitrogens with zero attached hydrogens (tertiary/aromatic N) is 3. The summed E-state index contributed by atoms with van der Waals surface area (Å²) in [6.45, 7) is 1.44. The molecule has 2 atom stereocenters. The maximum atomic E-state index is 13.0. The largest absolute Gasteiger partial charge is 0.318 e. The molecule has 7 heteroatoms. The molecule has 1 saturated heterocycles. The van der Waals surface area contributed by atoms with E-state index in [-0.39, 0.29) is 18.1 Å². The van der Waals surface area contributed by atoms with Gasteiger partial charge in [0.1, 0.15) is 6.17 Å². The predicted molar refractivity (Wildman–Crippen MR) is 101 cm³/mol. The molecule has 2 aliphatic rings. The van der Waals surface area contributed by atoms with Crippen molar-refractivity contribution in [2.75, 3.05) is 13.1 Å². The molecule has 1 aromatic heterocycles. The Morgan fingerprint density at radius 3 is 2.69 bits per heavy atom. The average molecular weight is 370 g/mol. The molecule has 0 radical (unpaired) electrons. The summed E-state index contributed by atoms with van der Waals surface area (Å²) in [5, 5.41) is 8.46. The lowest BCUT2D eigenvalue weighted by molar-refractivity contribution is -0.138. The molecule has 0 aliphatic carbocycles. The number of aromatic nitrogens is 1. The number of amides is 1. The highest BCUT2D eigenvalue weighted by atomic mass is 35.5. The van der Waals surface area contributed by atoms with Gasteiger partial charge in [0.05, 0.1) is 11.8 Å². The maximum Gasteiger partial charge on any atom is 0.241 e. The molecule has 2 aromatic rings. The standard InChI is InChI=1S/C19H20ClN5O/c20-15-3-1-13(2-4-15)11-17-19(26)25(10-9-22-17)18-12-16(23-24-18)14-5-7-21-8-6-14/h1-8,17-18,22,24H,9-12H2/t17-,18?/m0/s1. The second kappa shape index (κ2) is 7.43. The number of halogens is 1. The van der Waals surface area contributed by atoms with Crippen LogP contribution in [0.4, 0.5) is 0 Å². The molecular formula is C19H20ClN5O. The van der Waals surface area contributed by atoms with Gasteiger partial charge in [-0.25, -0.2) is 0 Å². The van der Waals surface area contributed by atoms with Gasteiger partial charge in [-0.1, -0.05) is 23.7 Å². The number of hydrogen-bond acceptors (Lipinski definition) is 5. The number of benzene rings is 1. The number of hydrogen-bond donors (Lipinski definition) is 2. The summed E-state index contributed by atoms with van der Waals surface area (Å²) in [5.41, 5.74) is 6.21. The van der Waals surface area contributed by atoms with Crippen LogP contribution >= 0.6 is 11.6 Å². The van der Waals surface area contributed by atoms with Crippen molar-refractivity contribution in [3.05, 3.63) is 64.9 Å². The van der Waals surface area contributed by atoms with Crippen molar-refractivity contribution in [2.24, 2.45) is 5.10 Å². The number of hydrazone groups is 1. The van der Waals surface area contributed by atoms with E-state index in [4.69, 9.17) is 11.6 Å². The Hall–Kier alpha value is -2.44. The molecule has 2 aliphatic heterocycles. The summed E-state index contributed by atoms with van der Waals surface area (Å²) < 4.78 is 0. The number of pyridine rings is 1. The van der Waals surface area contributed by atoms with Crippen LogP contribution in [-0.4, -0.2) is 46.8 Å². The van der Waals surface area contributed by atoms with E-state index >= 15 is 0 Å². The van der Waals surface area contributed by atoms with Gasteiger partial charge in [-0.2, -0.15) is 5.10 Å². The first-order valence-electron chi connectivity index (χ1n) is 8.71.